The molecule has 0 saturated heterocycles. The van der Waals surface area contributed by atoms with Crippen molar-refractivity contribution in [1.82, 2.24) is 15.0 Å². The number of hydrogen-bond donors (Lipinski definition) is 2. The monoisotopic (exact) mass is 279 g/mol. The maximum atomic E-state index is 5.13. The number of ether oxygens (including phenoxy) is 1. The highest BCUT2D eigenvalue weighted by Gasteiger charge is 2.28. The number of methoxy groups -OCH3 is 1. The van der Waals surface area contributed by atoms with Crippen molar-refractivity contribution in [2.24, 2.45) is 5.41 Å². The van der Waals surface area contributed by atoms with Crippen LogP contribution in [0, 0.1) is 5.41 Å². The molecule has 1 aliphatic rings. The van der Waals surface area contributed by atoms with Gasteiger partial charge in [0, 0.05) is 12.6 Å². The first-order chi connectivity index (χ1) is 9.52. The lowest BCUT2D eigenvalue weighted by Gasteiger charge is -2.35. The summed E-state index contributed by atoms with van der Waals surface area (Å²) in [5.74, 6) is 1.15. The van der Waals surface area contributed by atoms with Gasteiger partial charge in [-0.3, -0.25) is 0 Å². The van der Waals surface area contributed by atoms with Crippen LogP contribution in [-0.4, -0.2) is 34.6 Å². The lowest BCUT2D eigenvalue weighted by Crippen LogP contribution is -2.32. The predicted octanol–water partition coefficient (Wildman–Crippen LogP) is 2.69. The Kier molecular flexibility index (Phi) is 4.62. The lowest BCUT2D eigenvalue weighted by atomic mass is 9.75. The van der Waals surface area contributed by atoms with Gasteiger partial charge in [0.2, 0.25) is 11.9 Å². The first kappa shape index (κ1) is 14.8. The van der Waals surface area contributed by atoms with Crippen molar-refractivity contribution in [3.8, 4) is 6.01 Å². The zero-order valence-electron chi connectivity index (χ0n) is 12.9. The van der Waals surface area contributed by atoms with Crippen molar-refractivity contribution in [2.75, 3.05) is 24.3 Å². The van der Waals surface area contributed by atoms with Gasteiger partial charge in [-0.1, -0.05) is 20.3 Å². The molecule has 6 heteroatoms. The van der Waals surface area contributed by atoms with Gasteiger partial charge in [-0.25, -0.2) is 0 Å². The fourth-order valence-corrected chi connectivity index (χ4v) is 2.75. The summed E-state index contributed by atoms with van der Waals surface area (Å²) in [7, 11) is 1.57. The average molecular weight is 279 g/mol. The van der Waals surface area contributed by atoms with E-state index in [0.29, 0.717) is 29.4 Å². The molecule has 0 spiro atoms. The Morgan fingerprint density at radius 3 is 2.65 bits per heavy atom. The van der Waals surface area contributed by atoms with Crippen LogP contribution < -0.4 is 15.4 Å². The molecule has 112 valence electrons. The molecule has 1 aromatic heterocycles. The van der Waals surface area contributed by atoms with Crippen LogP contribution in [0.5, 0.6) is 6.01 Å². The van der Waals surface area contributed by atoms with Crippen LogP contribution in [-0.2, 0) is 0 Å². The maximum absolute atomic E-state index is 5.13. The molecule has 2 N–H and O–H groups in total. The third kappa shape index (κ3) is 3.95. The molecule has 2 rings (SSSR count). The standard InChI is InChI=1S/C14H25N5O/c1-5-15-11-17-12(19-13(18-11)20-4)16-10-7-6-8-14(2,3)9-10/h10H,5-9H2,1-4H3,(H2,15,16,17,18,19). The predicted molar refractivity (Wildman–Crippen MR) is 80.2 cm³/mol. The largest absolute Gasteiger partial charge is 0.467 e. The summed E-state index contributed by atoms with van der Waals surface area (Å²) < 4.78 is 5.13. The summed E-state index contributed by atoms with van der Waals surface area (Å²) in [4.78, 5) is 12.8. The molecule has 1 aromatic rings. The Hall–Kier alpha value is -1.59. The second-order valence-electron chi connectivity index (χ2n) is 6.10. The Morgan fingerprint density at radius 1 is 1.25 bits per heavy atom. The number of rotatable bonds is 5. The topological polar surface area (TPSA) is 72.0 Å². The Labute approximate surface area is 120 Å². The summed E-state index contributed by atoms with van der Waals surface area (Å²) >= 11 is 0. The molecule has 1 unspecified atom stereocenters. The molecule has 1 atom stereocenters. The number of aromatic nitrogens is 3. The molecule has 0 aromatic carbocycles. The SMILES string of the molecule is CCNc1nc(NC2CCCC(C)(C)C2)nc(OC)n1. The van der Waals surface area contributed by atoms with Gasteiger partial charge in [0.1, 0.15) is 0 Å². The molecule has 1 saturated carbocycles. The van der Waals surface area contributed by atoms with E-state index in [0.717, 1.165) is 19.4 Å². The van der Waals surface area contributed by atoms with Gasteiger partial charge >= 0.3 is 6.01 Å². The fourth-order valence-electron chi connectivity index (χ4n) is 2.75. The Morgan fingerprint density at radius 2 is 2.00 bits per heavy atom. The summed E-state index contributed by atoms with van der Waals surface area (Å²) in [6, 6.07) is 0.758. The third-order valence-corrected chi connectivity index (χ3v) is 3.67. The van der Waals surface area contributed by atoms with E-state index in [2.05, 4.69) is 39.4 Å². The molecule has 1 aliphatic carbocycles. The molecular weight excluding hydrogens is 254 g/mol. The average Bonchev–Trinajstić information content (AvgIpc) is 2.37. The molecule has 6 nitrogen and oxygen atoms in total. The van der Waals surface area contributed by atoms with Crippen molar-refractivity contribution in [1.29, 1.82) is 0 Å². The first-order valence-corrected chi connectivity index (χ1v) is 7.33. The van der Waals surface area contributed by atoms with Crippen molar-refractivity contribution in [2.45, 2.75) is 52.5 Å². The highest BCUT2D eigenvalue weighted by Crippen LogP contribution is 2.36. The molecule has 0 amide bonds. The molecule has 0 bridgehead atoms. The highest BCUT2D eigenvalue weighted by atomic mass is 16.5. The van der Waals surface area contributed by atoms with Crippen molar-refractivity contribution >= 4 is 11.9 Å². The molecular formula is C14H25N5O. The number of nitrogens with one attached hydrogen (secondary N) is 2. The zero-order valence-corrected chi connectivity index (χ0v) is 12.9. The van der Waals surface area contributed by atoms with Crippen LogP contribution in [0.3, 0.4) is 0 Å². The van der Waals surface area contributed by atoms with Gasteiger partial charge in [-0.15, -0.1) is 0 Å². The summed E-state index contributed by atoms with van der Waals surface area (Å²) in [5.41, 5.74) is 0.386. The summed E-state index contributed by atoms with van der Waals surface area (Å²) in [6.45, 7) is 7.41. The summed E-state index contributed by atoms with van der Waals surface area (Å²) in [5, 5.41) is 6.52. The van der Waals surface area contributed by atoms with Gasteiger partial charge < -0.3 is 15.4 Å². The van der Waals surface area contributed by atoms with Gasteiger partial charge in [0.25, 0.3) is 0 Å². The number of hydrogen-bond acceptors (Lipinski definition) is 6. The lowest BCUT2D eigenvalue weighted by molar-refractivity contribution is 0.229. The second-order valence-corrected chi connectivity index (χ2v) is 6.10. The smallest absolute Gasteiger partial charge is 0.322 e. The van der Waals surface area contributed by atoms with Crippen LogP contribution in [0.2, 0.25) is 0 Å². The van der Waals surface area contributed by atoms with Crippen LogP contribution in [0.25, 0.3) is 0 Å². The zero-order chi connectivity index (χ0) is 14.6. The molecule has 1 fully saturated rings. The van der Waals surface area contributed by atoms with Crippen molar-refractivity contribution < 1.29 is 4.74 Å². The van der Waals surface area contributed by atoms with E-state index in [1.807, 2.05) is 6.92 Å². The number of anilines is 2. The number of nitrogens with zero attached hydrogens (tertiary/aromatic N) is 3. The molecule has 1 heterocycles. The molecule has 0 aliphatic heterocycles. The van der Waals surface area contributed by atoms with Crippen LogP contribution in [0.4, 0.5) is 11.9 Å². The minimum atomic E-state index is 0.341. The van der Waals surface area contributed by atoms with Crippen molar-refractivity contribution in [3.63, 3.8) is 0 Å². The van der Waals surface area contributed by atoms with Crippen LogP contribution >= 0.6 is 0 Å². The minimum absolute atomic E-state index is 0.341. The van der Waals surface area contributed by atoms with Crippen LogP contribution in [0.1, 0.15) is 46.5 Å². The third-order valence-electron chi connectivity index (χ3n) is 3.67. The van der Waals surface area contributed by atoms with Gasteiger partial charge in [0.05, 0.1) is 7.11 Å². The van der Waals surface area contributed by atoms with Gasteiger partial charge in [-0.05, 0) is 31.6 Å². The van der Waals surface area contributed by atoms with Gasteiger partial charge in [0.15, 0.2) is 0 Å². The van der Waals surface area contributed by atoms with Gasteiger partial charge in [-0.2, -0.15) is 15.0 Å². The van der Waals surface area contributed by atoms with E-state index in [-0.39, 0.29) is 0 Å². The normalized spacial score (nSPS) is 21.3. The second kappa shape index (κ2) is 6.24. The first-order valence-electron chi connectivity index (χ1n) is 7.33. The molecule has 20 heavy (non-hydrogen) atoms. The highest BCUT2D eigenvalue weighted by molar-refractivity contribution is 5.36. The van der Waals surface area contributed by atoms with E-state index in [4.69, 9.17) is 4.74 Å². The van der Waals surface area contributed by atoms with E-state index >= 15 is 0 Å². The van der Waals surface area contributed by atoms with E-state index in [9.17, 15) is 0 Å². The van der Waals surface area contributed by atoms with E-state index in [1.54, 1.807) is 7.11 Å². The van der Waals surface area contributed by atoms with Crippen LogP contribution in [0.15, 0.2) is 0 Å². The van der Waals surface area contributed by atoms with E-state index < -0.39 is 0 Å². The molecule has 0 radical (unpaired) electrons. The quantitative estimate of drug-likeness (QED) is 0.863. The Bertz CT molecular complexity index is 449. The van der Waals surface area contributed by atoms with E-state index in [1.165, 1.54) is 12.8 Å². The fraction of sp³-hybridized carbons (Fsp3) is 0.786. The summed E-state index contributed by atoms with van der Waals surface area (Å²) in [6.07, 6.45) is 4.83. The maximum Gasteiger partial charge on any atom is 0.322 e. The van der Waals surface area contributed by atoms with Crippen molar-refractivity contribution in [3.05, 3.63) is 0 Å². The Balaban J connectivity index is 2.09. The minimum Gasteiger partial charge on any atom is -0.467 e.